The summed E-state index contributed by atoms with van der Waals surface area (Å²) < 4.78 is 5.82. The van der Waals surface area contributed by atoms with Crippen LogP contribution in [0.2, 0.25) is 10.0 Å². The van der Waals surface area contributed by atoms with Crippen molar-refractivity contribution in [3.8, 4) is 5.75 Å². The van der Waals surface area contributed by atoms with Gasteiger partial charge in [0.1, 0.15) is 11.8 Å². The smallest absolute Gasteiger partial charge is 0.261 e. The second-order valence-corrected chi connectivity index (χ2v) is 10.7. The molecule has 36 heavy (non-hydrogen) atoms. The number of carbonyl (C=O) groups is 2. The molecule has 3 rings (SSSR count). The van der Waals surface area contributed by atoms with E-state index in [0.29, 0.717) is 27.8 Å². The molecule has 3 aromatic carbocycles. The number of halogens is 2. The average molecular weight is 527 g/mol. The third-order valence-corrected chi connectivity index (χ3v) is 6.06. The summed E-state index contributed by atoms with van der Waals surface area (Å²) in [6.07, 6.45) is 0.337. The summed E-state index contributed by atoms with van der Waals surface area (Å²) in [5.74, 6) is 0.0134. The van der Waals surface area contributed by atoms with E-state index in [9.17, 15) is 9.59 Å². The van der Waals surface area contributed by atoms with Crippen LogP contribution in [0.15, 0.2) is 72.8 Å². The van der Waals surface area contributed by atoms with E-state index in [-0.39, 0.29) is 25.0 Å². The van der Waals surface area contributed by atoms with Gasteiger partial charge in [-0.25, -0.2) is 0 Å². The van der Waals surface area contributed by atoms with Gasteiger partial charge in [-0.05, 0) is 68.7 Å². The minimum atomic E-state index is -0.785. The third-order valence-electron chi connectivity index (χ3n) is 5.48. The summed E-state index contributed by atoms with van der Waals surface area (Å²) >= 11 is 12.6. The Morgan fingerprint density at radius 2 is 1.69 bits per heavy atom. The molecule has 7 heteroatoms. The highest BCUT2D eigenvalue weighted by Crippen LogP contribution is 2.24. The summed E-state index contributed by atoms with van der Waals surface area (Å²) in [6, 6.07) is 21.5. The summed E-state index contributed by atoms with van der Waals surface area (Å²) in [4.78, 5) is 28.7. The summed E-state index contributed by atoms with van der Waals surface area (Å²) in [5.41, 5.74) is 2.17. The largest absolute Gasteiger partial charge is 0.484 e. The van der Waals surface area contributed by atoms with E-state index < -0.39 is 11.6 Å². The zero-order valence-electron chi connectivity index (χ0n) is 21.1. The van der Waals surface area contributed by atoms with Crippen molar-refractivity contribution in [2.75, 3.05) is 6.61 Å². The SMILES string of the molecule is Cc1cccc(OCC(=O)N(Cc2ccc(Cl)cc2Cl)C(Cc2ccccc2)C(=O)NC(C)(C)C)c1. The number of nitrogens with one attached hydrogen (secondary N) is 1. The Kier molecular flexibility index (Phi) is 9.41. The van der Waals surface area contributed by atoms with Crippen LogP contribution in [0.1, 0.15) is 37.5 Å². The number of carbonyl (C=O) groups excluding carboxylic acids is 2. The molecule has 1 N–H and O–H groups in total. The topological polar surface area (TPSA) is 58.6 Å². The Morgan fingerprint density at radius 1 is 0.972 bits per heavy atom. The lowest BCUT2D eigenvalue weighted by Gasteiger charge is -2.34. The van der Waals surface area contributed by atoms with Crippen LogP contribution in [-0.4, -0.2) is 34.9 Å². The Hall–Kier alpha value is -3.02. The van der Waals surface area contributed by atoms with Crippen molar-refractivity contribution in [1.82, 2.24) is 10.2 Å². The standard InChI is InChI=1S/C29H32Cl2N2O3/c1-20-9-8-12-24(15-20)36-19-27(34)33(18-22-13-14-23(30)17-25(22)31)26(28(35)32-29(2,3)4)16-21-10-6-5-7-11-21/h5-15,17,26H,16,18-19H2,1-4H3,(H,32,35). The molecule has 5 nitrogen and oxygen atoms in total. The van der Waals surface area contributed by atoms with Gasteiger partial charge in [-0.1, -0.05) is 71.7 Å². The molecule has 1 unspecified atom stereocenters. The van der Waals surface area contributed by atoms with E-state index in [2.05, 4.69) is 5.32 Å². The molecule has 3 aromatic rings. The number of nitrogens with zero attached hydrogens (tertiary/aromatic N) is 1. The molecule has 0 aromatic heterocycles. The van der Waals surface area contributed by atoms with Gasteiger partial charge < -0.3 is 15.0 Å². The number of benzene rings is 3. The number of amides is 2. The molecular weight excluding hydrogens is 495 g/mol. The predicted molar refractivity (Wildman–Crippen MR) is 146 cm³/mol. The van der Waals surface area contributed by atoms with Gasteiger partial charge in [-0.3, -0.25) is 9.59 Å². The summed E-state index contributed by atoms with van der Waals surface area (Å²) in [7, 11) is 0. The molecule has 0 aliphatic heterocycles. The second-order valence-electron chi connectivity index (χ2n) is 9.81. The van der Waals surface area contributed by atoms with Crippen LogP contribution in [0.4, 0.5) is 0 Å². The molecule has 0 aliphatic carbocycles. The number of aryl methyl sites for hydroxylation is 1. The van der Waals surface area contributed by atoms with Crippen LogP contribution in [0.5, 0.6) is 5.75 Å². The first-order valence-electron chi connectivity index (χ1n) is 11.8. The van der Waals surface area contributed by atoms with Gasteiger partial charge in [0.15, 0.2) is 6.61 Å². The second kappa shape index (κ2) is 12.3. The van der Waals surface area contributed by atoms with Crippen molar-refractivity contribution in [2.45, 2.75) is 52.2 Å². The normalized spacial score (nSPS) is 12.1. The fraction of sp³-hybridized carbons (Fsp3) is 0.310. The van der Waals surface area contributed by atoms with Crippen LogP contribution in [0.3, 0.4) is 0 Å². The van der Waals surface area contributed by atoms with Gasteiger partial charge in [0.2, 0.25) is 5.91 Å². The number of ether oxygens (including phenoxy) is 1. The van der Waals surface area contributed by atoms with Crippen molar-refractivity contribution >= 4 is 35.0 Å². The molecular formula is C29H32Cl2N2O3. The van der Waals surface area contributed by atoms with Gasteiger partial charge in [-0.2, -0.15) is 0 Å². The van der Waals surface area contributed by atoms with Gasteiger partial charge in [0, 0.05) is 28.5 Å². The Bertz CT molecular complexity index is 1190. The van der Waals surface area contributed by atoms with Gasteiger partial charge in [-0.15, -0.1) is 0 Å². The number of hydrogen-bond donors (Lipinski definition) is 1. The summed E-state index contributed by atoms with van der Waals surface area (Å²) in [6.45, 7) is 7.59. The molecule has 0 fully saturated rings. The zero-order chi connectivity index (χ0) is 26.3. The zero-order valence-corrected chi connectivity index (χ0v) is 22.6. The highest BCUT2D eigenvalue weighted by molar-refractivity contribution is 6.35. The van der Waals surface area contributed by atoms with Gasteiger partial charge in [0.25, 0.3) is 5.91 Å². The van der Waals surface area contributed by atoms with Crippen LogP contribution in [0.25, 0.3) is 0 Å². The van der Waals surface area contributed by atoms with E-state index in [1.165, 1.54) is 0 Å². The van der Waals surface area contributed by atoms with Crippen LogP contribution in [-0.2, 0) is 22.6 Å². The monoisotopic (exact) mass is 526 g/mol. The van der Waals surface area contributed by atoms with Gasteiger partial charge >= 0.3 is 0 Å². The number of hydrogen-bond acceptors (Lipinski definition) is 3. The molecule has 1 atom stereocenters. The lowest BCUT2D eigenvalue weighted by molar-refractivity contribution is -0.143. The molecule has 2 amide bonds. The predicted octanol–water partition coefficient (Wildman–Crippen LogP) is 6.24. The van der Waals surface area contributed by atoms with Crippen LogP contribution < -0.4 is 10.1 Å². The van der Waals surface area contributed by atoms with Gasteiger partial charge in [0.05, 0.1) is 0 Å². The van der Waals surface area contributed by atoms with Crippen molar-refractivity contribution in [3.63, 3.8) is 0 Å². The lowest BCUT2D eigenvalue weighted by Crippen LogP contribution is -2.55. The van der Waals surface area contributed by atoms with E-state index in [1.807, 2.05) is 76.2 Å². The molecule has 0 heterocycles. The molecule has 0 aliphatic rings. The highest BCUT2D eigenvalue weighted by Gasteiger charge is 2.32. The van der Waals surface area contributed by atoms with Crippen LogP contribution >= 0.6 is 23.2 Å². The van der Waals surface area contributed by atoms with E-state index in [1.54, 1.807) is 29.2 Å². The maximum absolute atomic E-state index is 13.6. The first-order chi connectivity index (χ1) is 17.0. The molecule has 0 saturated carbocycles. The minimum Gasteiger partial charge on any atom is -0.484 e. The Balaban J connectivity index is 1.96. The molecule has 0 saturated heterocycles. The minimum absolute atomic E-state index is 0.126. The third kappa shape index (κ3) is 8.28. The van der Waals surface area contributed by atoms with Crippen molar-refractivity contribution in [1.29, 1.82) is 0 Å². The maximum Gasteiger partial charge on any atom is 0.261 e. The van der Waals surface area contributed by atoms with E-state index >= 15 is 0 Å². The first kappa shape index (κ1) is 27.6. The van der Waals surface area contributed by atoms with E-state index in [4.69, 9.17) is 27.9 Å². The number of rotatable bonds is 9. The Morgan fingerprint density at radius 3 is 2.33 bits per heavy atom. The quantitative estimate of drug-likeness (QED) is 0.359. The van der Waals surface area contributed by atoms with Crippen molar-refractivity contribution in [2.24, 2.45) is 0 Å². The average Bonchev–Trinajstić information content (AvgIpc) is 2.80. The molecule has 0 radical (unpaired) electrons. The molecule has 190 valence electrons. The highest BCUT2D eigenvalue weighted by atomic mass is 35.5. The van der Waals surface area contributed by atoms with Crippen molar-refractivity contribution in [3.05, 3.63) is 99.5 Å². The van der Waals surface area contributed by atoms with Crippen molar-refractivity contribution < 1.29 is 14.3 Å². The maximum atomic E-state index is 13.6. The summed E-state index contributed by atoms with van der Waals surface area (Å²) in [5, 5.41) is 3.96. The Labute approximate surface area is 223 Å². The fourth-order valence-electron chi connectivity index (χ4n) is 3.77. The van der Waals surface area contributed by atoms with Crippen LogP contribution in [0, 0.1) is 6.92 Å². The first-order valence-corrected chi connectivity index (χ1v) is 12.6. The molecule has 0 spiro atoms. The van der Waals surface area contributed by atoms with E-state index in [0.717, 1.165) is 11.1 Å². The molecule has 0 bridgehead atoms. The fourth-order valence-corrected chi connectivity index (χ4v) is 4.24. The lowest BCUT2D eigenvalue weighted by atomic mass is 10.0.